The van der Waals surface area contributed by atoms with Gasteiger partial charge in [-0.1, -0.05) is 11.6 Å². The molecule has 8 nitrogen and oxygen atoms in total. The molecule has 0 unspecified atom stereocenters. The van der Waals surface area contributed by atoms with Crippen molar-refractivity contribution in [1.29, 1.82) is 0 Å². The van der Waals surface area contributed by atoms with E-state index in [1.54, 1.807) is 43.5 Å². The molecule has 1 aromatic carbocycles. The minimum atomic E-state index is -0.753. The molecule has 0 atom stereocenters. The number of carbonyl (C=O) groups is 2. The van der Waals surface area contributed by atoms with Crippen molar-refractivity contribution >= 4 is 29.2 Å². The van der Waals surface area contributed by atoms with E-state index < -0.39 is 18.5 Å². The van der Waals surface area contributed by atoms with E-state index in [9.17, 15) is 9.59 Å². The maximum absolute atomic E-state index is 12.5. The lowest BCUT2D eigenvalue weighted by Gasteiger charge is -2.13. The molecule has 0 saturated heterocycles. The lowest BCUT2D eigenvalue weighted by molar-refractivity contribution is -0.119. The van der Waals surface area contributed by atoms with E-state index in [1.807, 2.05) is 0 Å². The zero-order valence-electron chi connectivity index (χ0n) is 16.2. The first-order chi connectivity index (χ1) is 14.5. The van der Waals surface area contributed by atoms with Crippen LogP contribution in [0.5, 0.6) is 17.4 Å². The molecule has 1 amide bonds. The Morgan fingerprint density at radius 3 is 2.70 bits per heavy atom. The molecular formula is C21H18ClN3O5. The Bertz CT molecular complexity index is 1060. The summed E-state index contributed by atoms with van der Waals surface area (Å²) in [5.74, 6) is -0.442. The van der Waals surface area contributed by atoms with Crippen LogP contribution in [0.3, 0.4) is 0 Å². The molecule has 154 valence electrons. The molecule has 0 radical (unpaired) electrons. The number of amides is 1. The van der Waals surface area contributed by atoms with Crippen molar-refractivity contribution in [2.24, 2.45) is 0 Å². The van der Waals surface area contributed by atoms with Gasteiger partial charge in [-0.15, -0.1) is 0 Å². The van der Waals surface area contributed by atoms with Gasteiger partial charge in [0, 0.05) is 23.5 Å². The summed E-state index contributed by atoms with van der Waals surface area (Å²) in [5.41, 5.74) is 1.26. The van der Waals surface area contributed by atoms with Gasteiger partial charge in [0.25, 0.3) is 5.91 Å². The third-order valence-electron chi connectivity index (χ3n) is 3.93. The summed E-state index contributed by atoms with van der Waals surface area (Å²) in [7, 11) is 1.46. The van der Waals surface area contributed by atoms with E-state index in [4.69, 9.17) is 25.8 Å². The van der Waals surface area contributed by atoms with Crippen molar-refractivity contribution in [3.8, 4) is 17.4 Å². The highest BCUT2D eigenvalue weighted by molar-refractivity contribution is 6.31. The number of aryl methyl sites for hydroxylation is 1. The smallest absolute Gasteiger partial charge is 0.344 e. The highest BCUT2D eigenvalue weighted by Gasteiger charge is 2.18. The lowest BCUT2D eigenvalue weighted by Crippen LogP contribution is -2.21. The molecule has 0 spiro atoms. The number of esters is 1. The van der Waals surface area contributed by atoms with Gasteiger partial charge in [0.15, 0.2) is 6.61 Å². The number of hydrogen-bond acceptors (Lipinski definition) is 7. The number of pyridine rings is 2. The van der Waals surface area contributed by atoms with Crippen LogP contribution < -0.4 is 14.8 Å². The second kappa shape index (κ2) is 9.71. The Balaban J connectivity index is 1.65. The summed E-state index contributed by atoms with van der Waals surface area (Å²) in [6.07, 6.45) is 4.55. The zero-order chi connectivity index (χ0) is 21.5. The topological polar surface area (TPSA) is 99.6 Å². The first-order valence-corrected chi connectivity index (χ1v) is 9.19. The van der Waals surface area contributed by atoms with Gasteiger partial charge in [-0.05, 0) is 42.8 Å². The lowest BCUT2D eigenvalue weighted by atomic mass is 10.2. The first kappa shape index (κ1) is 21.1. The SMILES string of the molecule is COc1cc(Cl)c(C)cc1NC(=O)COC(=O)c1cccnc1Oc1cccnc1. The summed E-state index contributed by atoms with van der Waals surface area (Å²) < 4.78 is 15.9. The number of nitrogens with one attached hydrogen (secondary N) is 1. The number of methoxy groups -OCH3 is 1. The Morgan fingerprint density at radius 1 is 1.17 bits per heavy atom. The number of rotatable bonds is 7. The molecule has 30 heavy (non-hydrogen) atoms. The molecule has 9 heteroatoms. The first-order valence-electron chi connectivity index (χ1n) is 8.82. The van der Waals surface area contributed by atoms with Crippen molar-refractivity contribution in [1.82, 2.24) is 9.97 Å². The van der Waals surface area contributed by atoms with Crippen molar-refractivity contribution < 1.29 is 23.8 Å². The van der Waals surface area contributed by atoms with Crippen molar-refractivity contribution in [3.63, 3.8) is 0 Å². The van der Waals surface area contributed by atoms with Gasteiger partial charge in [-0.25, -0.2) is 9.78 Å². The normalized spacial score (nSPS) is 10.2. The van der Waals surface area contributed by atoms with Crippen LogP contribution in [-0.2, 0) is 9.53 Å². The van der Waals surface area contributed by atoms with Crippen LogP contribution in [0.15, 0.2) is 55.0 Å². The van der Waals surface area contributed by atoms with Crippen LogP contribution in [0.4, 0.5) is 5.69 Å². The number of carbonyl (C=O) groups excluding carboxylic acids is 2. The van der Waals surface area contributed by atoms with Gasteiger partial charge < -0.3 is 19.5 Å². The Labute approximate surface area is 177 Å². The summed E-state index contributed by atoms with van der Waals surface area (Å²) in [6, 6.07) is 9.68. The molecule has 3 aromatic rings. The second-order valence-electron chi connectivity index (χ2n) is 6.07. The summed E-state index contributed by atoms with van der Waals surface area (Å²) in [4.78, 5) is 32.7. The van der Waals surface area contributed by atoms with Gasteiger partial charge in [-0.2, -0.15) is 0 Å². The monoisotopic (exact) mass is 427 g/mol. The molecular weight excluding hydrogens is 410 g/mol. The Kier molecular flexibility index (Phi) is 6.82. The van der Waals surface area contributed by atoms with E-state index in [0.29, 0.717) is 22.2 Å². The van der Waals surface area contributed by atoms with Crippen LogP contribution >= 0.6 is 11.6 Å². The van der Waals surface area contributed by atoms with Crippen LogP contribution in [0.1, 0.15) is 15.9 Å². The summed E-state index contributed by atoms with van der Waals surface area (Å²) >= 11 is 6.06. The van der Waals surface area contributed by atoms with E-state index in [1.165, 1.54) is 25.6 Å². The highest BCUT2D eigenvalue weighted by atomic mass is 35.5. The molecule has 0 aliphatic heterocycles. The Hall–Kier alpha value is -3.65. The van der Waals surface area contributed by atoms with E-state index >= 15 is 0 Å². The molecule has 3 rings (SSSR count). The maximum Gasteiger partial charge on any atom is 0.344 e. The standard InChI is InChI=1S/C21H18ClN3O5/c1-13-9-17(18(28-2)10-16(13)22)25-19(26)12-29-21(27)15-6-4-8-24-20(15)30-14-5-3-7-23-11-14/h3-11H,12H2,1-2H3,(H,25,26). The quantitative estimate of drug-likeness (QED) is 0.568. The van der Waals surface area contributed by atoms with Gasteiger partial charge in [-0.3, -0.25) is 9.78 Å². The fraction of sp³-hybridized carbons (Fsp3) is 0.143. The van der Waals surface area contributed by atoms with Crippen molar-refractivity contribution in [2.45, 2.75) is 6.92 Å². The number of aromatic nitrogens is 2. The van der Waals surface area contributed by atoms with Crippen molar-refractivity contribution in [3.05, 3.63) is 71.1 Å². The van der Waals surface area contributed by atoms with Gasteiger partial charge in [0.05, 0.1) is 19.0 Å². The number of nitrogens with zero attached hydrogens (tertiary/aromatic N) is 2. The molecule has 1 N–H and O–H groups in total. The minimum absolute atomic E-state index is 0.0471. The third-order valence-corrected chi connectivity index (χ3v) is 4.34. The van der Waals surface area contributed by atoms with Crippen LogP contribution in [0.2, 0.25) is 5.02 Å². The molecule has 0 saturated carbocycles. The molecule has 0 bridgehead atoms. The zero-order valence-corrected chi connectivity index (χ0v) is 17.0. The number of halogens is 1. The van der Waals surface area contributed by atoms with Crippen LogP contribution in [0, 0.1) is 6.92 Å². The number of hydrogen-bond donors (Lipinski definition) is 1. The molecule has 2 aromatic heterocycles. The molecule has 0 fully saturated rings. The van der Waals surface area contributed by atoms with Crippen LogP contribution in [0.25, 0.3) is 0 Å². The fourth-order valence-electron chi connectivity index (χ4n) is 2.47. The van der Waals surface area contributed by atoms with Gasteiger partial charge in [0.1, 0.15) is 17.1 Å². The molecule has 0 aliphatic carbocycles. The van der Waals surface area contributed by atoms with Crippen molar-refractivity contribution in [2.75, 3.05) is 19.0 Å². The second-order valence-corrected chi connectivity index (χ2v) is 6.48. The predicted molar refractivity (Wildman–Crippen MR) is 110 cm³/mol. The van der Waals surface area contributed by atoms with E-state index in [-0.39, 0.29) is 11.4 Å². The number of benzene rings is 1. The predicted octanol–water partition coefficient (Wildman–Crippen LogP) is 4.03. The fourth-order valence-corrected chi connectivity index (χ4v) is 2.63. The number of anilines is 1. The summed E-state index contributed by atoms with van der Waals surface area (Å²) in [5, 5.41) is 3.14. The van der Waals surface area contributed by atoms with E-state index in [2.05, 4.69) is 15.3 Å². The largest absolute Gasteiger partial charge is 0.495 e. The maximum atomic E-state index is 12.5. The average Bonchev–Trinajstić information content (AvgIpc) is 2.75. The number of ether oxygens (including phenoxy) is 3. The van der Waals surface area contributed by atoms with Gasteiger partial charge in [0.2, 0.25) is 5.88 Å². The van der Waals surface area contributed by atoms with Gasteiger partial charge >= 0.3 is 5.97 Å². The molecule has 2 heterocycles. The minimum Gasteiger partial charge on any atom is -0.495 e. The average molecular weight is 428 g/mol. The Morgan fingerprint density at radius 2 is 1.97 bits per heavy atom. The van der Waals surface area contributed by atoms with E-state index in [0.717, 1.165) is 5.56 Å². The summed E-state index contributed by atoms with van der Waals surface area (Å²) in [6.45, 7) is 1.29. The highest BCUT2D eigenvalue weighted by Crippen LogP contribution is 2.31. The third kappa shape index (κ3) is 5.24. The molecule has 0 aliphatic rings. The van der Waals surface area contributed by atoms with Crippen LogP contribution in [-0.4, -0.2) is 35.6 Å².